The van der Waals surface area contributed by atoms with Gasteiger partial charge in [0.1, 0.15) is 5.03 Å². The molecule has 0 saturated heterocycles. The molecule has 0 aliphatic heterocycles. The van der Waals surface area contributed by atoms with Crippen molar-refractivity contribution < 1.29 is 9.50 Å². The third-order valence-electron chi connectivity index (χ3n) is 1.79. The van der Waals surface area contributed by atoms with Crippen LogP contribution < -0.4 is 5.32 Å². The number of aromatic nitrogens is 2. The first-order valence-corrected chi connectivity index (χ1v) is 6.26. The lowest BCUT2D eigenvalue weighted by Crippen LogP contribution is -2.05. The van der Waals surface area contributed by atoms with Gasteiger partial charge in [-0.2, -0.15) is 0 Å². The van der Waals surface area contributed by atoms with E-state index < -0.39 is 5.82 Å². The summed E-state index contributed by atoms with van der Waals surface area (Å²) in [4.78, 5) is 7.91. The van der Waals surface area contributed by atoms with Gasteiger partial charge in [-0.25, -0.2) is 14.4 Å². The molecule has 0 aromatic carbocycles. The van der Waals surface area contributed by atoms with E-state index in [1.807, 2.05) is 6.92 Å². The molecule has 4 nitrogen and oxygen atoms in total. The SMILES string of the molecule is CCCNc1ncc(F)c(SCCCO)n1. The Hall–Kier alpha value is -0.880. The molecule has 16 heavy (non-hydrogen) atoms. The summed E-state index contributed by atoms with van der Waals surface area (Å²) in [5.41, 5.74) is 0. The highest BCUT2D eigenvalue weighted by molar-refractivity contribution is 7.99. The molecule has 6 heteroatoms. The van der Waals surface area contributed by atoms with E-state index in [-0.39, 0.29) is 6.61 Å². The molecule has 0 saturated carbocycles. The van der Waals surface area contributed by atoms with Crippen LogP contribution in [0.25, 0.3) is 0 Å². The Kier molecular flexibility index (Phi) is 6.10. The Morgan fingerprint density at radius 1 is 1.56 bits per heavy atom. The first-order chi connectivity index (χ1) is 7.77. The van der Waals surface area contributed by atoms with Crippen LogP contribution in [-0.2, 0) is 0 Å². The molecule has 0 unspecified atom stereocenters. The maximum absolute atomic E-state index is 13.3. The Labute approximate surface area is 98.7 Å². The fourth-order valence-corrected chi connectivity index (χ4v) is 1.82. The standard InChI is InChI=1S/C10H16FN3OS/c1-2-4-12-10-13-7-8(11)9(14-10)16-6-3-5-15/h7,15H,2-6H2,1H3,(H,12,13,14). The maximum Gasteiger partial charge on any atom is 0.223 e. The van der Waals surface area contributed by atoms with Crippen LogP contribution in [0.4, 0.5) is 10.3 Å². The molecule has 0 fully saturated rings. The van der Waals surface area contributed by atoms with Crippen LogP contribution in [0, 0.1) is 5.82 Å². The topological polar surface area (TPSA) is 58.0 Å². The van der Waals surface area contributed by atoms with Crippen LogP contribution in [0.3, 0.4) is 0 Å². The largest absolute Gasteiger partial charge is 0.396 e. The highest BCUT2D eigenvalue weighted by Crippen LogP contribution is 2.20. The summed E-state index contributed by atoms with van der Waals surface area (Å²) in [5, 5.41) is 12.0. The van der Waals surface area contributed by atoms with Crippen molar-refractivity contribution >= 4 is 17.7 Å². The van der Waals surface area contributed by atoms with Gasteiger partial charge in [0.05, 0.1) is 6.20 Å². The predicted molar refractivity (Wildman–Crippen MR) is 63.2 cm³/mol. The average molecular weight is 245 g/mol. The lowest BCUT2D eigenvalue weighted by Gasteiger charge is -2.05. The van der Waals surface area contributed by atoms with Crippen molar-refractivity contribution in [2.45, 2.75) is 24.8 Å². The summed E-state index contributed by atoms with van der Waals surface area (Å²) in [6, 6.07) is 0. The summed E-state index contributed by atoms with van der Waals surface area (Å²) in [7, 11) is 0. The quantitative estimate of drug-likeness (QED) is 0.436. The Morgan fingerprint density at radius 3 is 3.06 bits per heavy atom. The molecule has 0 spiro atoms. The van der Waals surface area contributed by atoms with Crippen molar-refractivity contribution in [1.82, 2.24) is 9.97 Å². The molecule has 0 bridgehead atoms. The summed E-state index contributed by atoms with van der Waals surface area (Å²) < 4.78 is 13.3. The molecule has 0 amide bonds. The Balaban J connectivity index is 2.59. The molecule has 1 heterocycles. The lowest BCUT2D eigenvalue weighted by molar-refractivity contribution is 0.296. The number of rotatable bonds is 7. The highest BCUT2D eigenvalue weighted by atomic mass is 32.2. The van der Waals surface area contributed by atoms with Gasteiger partial charge in [-0.1, -0.05) is 6.92 Å². The number of aliphatic hydroxyl groups excluding tert-OH is 1. The van der Waals surface area contributed by atoms with E-state index in [0.29, 0.717) is 23.1 Å². The van der Waals surface area contributed by atoms with Crippen molar-refractivity contribution in [2.75, 3.05) is 24.2 Å². The molecular formula is C10H16FN3OS. The summed E-state index contributed by atoms with van der Waals surface area (Å²) in [5.74, 6) is 0.692. The zero-order chi connectivity index (χ0) is 11.8. The second-order valence-electron chi connectivity index (χ2n) is 3.20. The molecular weight excluding hydrogens is 229 g/mol. The van der Waals surface area contributed by atoms with Crippen molar-refractivity contribution in [1.29, 1.82) is 0 Å². The van der Waals surface area contributed by atoms with Crippen molar-refractivity contribution in [3.8, 4) is 0 Å². The van der Waals surface area contributed by atoms with E-state index in [9.17, 15) is 4.39 Å². The van der Waals surface area contributed by atoms with Crippen LogP contribution in [0.5, 0.6) is 0 Å². The van der Waals surface area contributed by atoms with Crippen molar-refractivity contribution in [2.24, 2.45) is 0 Å². The number of aliphatic hydroxyl groups is 1. The van der Waals surface area contributed by atoms with E-state index in [1.54, 1.807) is 0 Å². The summed E-state index contributed by atoms with van der Waals surface area (Å²) in [6.07, 6.45) is 2.77. The number of anilines is 1. The van der Waals surface area contributed by atoms with Gasteiger partial charge in [0.15, 0.2) is 5.82 Å². The van der Waals surface area contributed by atoms with E-state index in [2.05, 4.69) is 15.3 Å². The zero-order valence-electron chi connectivity index (χ0n) is 9.24. The van der Waals surface area contributed by atoms with E-state index in [1.165, 1.54) is 18.0 Å². The minimum atomic E-state index is -0.412. The second kappa shape index (κ2) is 7.40. The van der Waals surface area contributed by atoms with Crippen LogP contribution in [0.1, 0.15) is 19.8 Å². The smallest absolute Gasteiger partial charge is 0.223 e. The van der Waals surface area contributed by atoms with Gasteiger partial charge in [-0.3, -0.25) is 0 Å². The molecule has 2 N–H and O–H groups in total. The fraction of sp³-hybridized carbons (Fsp3) is 0.600. The fourth-order valence-electron chi connectivity index (χ4n) is 1.01. The number of hydrogen-bond donors (Lipinski definition) is 2. The van der Waals surface area contributed by atoms with Gasteiger partial charge in [0.25, 0.3) is 0 Å². The monoisotopic (exact) mass is 245 g/mol. The minimum Gasteiger partial charge on any atom is -0.396 e. The first kappa shape index (κ1) is 13.2. The van der Waals surface area contributed by atoms with Crippen LogP contribution in [0.2, 0.25) is 0 Å². The highest BCUT2D eigenvalue weighted by Gasteiger charge is 2.06. The molecule has 0 aliphatic rings. The zero-order valence-corrected chi connectivity index (χ0v) is 10.1. The van der Waals surface area contributed by atoms with Crippen LogP contribution >= 0.6 is 11.8 Å². The number of thioether (sulfide) groups is 1. The molecule has 1 rings (SSSR count). The second-order valence-corrected chi connectivity index (χ2v) is 4.28. The number of halogens is 1. The molecule has 1 aromatic rings. The Morgan fingerprint density at radius 2 is 2.38 bits per heavy atom. The minimum absolute atomic E-state index is 0.112. The van der Waals surface area contributed by atoms with Crippen molar-refractivity contribution in [3.05, 3.63) is 12.0 Å². The van der Waals surface area contributed by atoms with Gasteiger partial charge < -0.3 is 10.4 Å². The van der Waals surface area contributed by atoms with Gasteiger partial charge in [0.2, 0.25) is 5.95 Å². The number of hydrogen-bond acceptors (Lipinski definition) is 5. The predicted octanol–water partition coefficient (Wildman–Crippen LogP) is 1.91. The van der Waals surface area contributed by atoms with Gasteiger partial charge >= 0.3 is 0 Å². The van der Waals surface area contributed by atoms with E-state index in [4.69, 9.17) is 5.11 Å². The third kappa shape index (κ3) is 4.32. The van der Waals surface area contributed by atoms with Gasteiger partial charge in [-0.15, -0.1) is 11.8 Å². The summed E-state index contributed by atoms with van der Waals surface area (Å²) in [6.45, 7) is 2.92. The average Bonchev–Trinajstić information content (AvgIpc) is 2.30. The Bertz CT molecular complexity index is 325. The van der Waals surface area contributed by atoms with Gasteiger partial charge in [0, 0.05) is 18.9 Å². The number of nitrogens with zero attached hydrogens (tertiary/aromatic N) is 2. The molecule has 0 atom stereocenters. The molecule has 90 valence electrons. The van der Waals surface area contributed by atoms with Crippen molar-refractivity contribution in [3.63, 3.8) is 0 Å². The van der Waals surface area contributed by atoms with Crippen LogP contribution in [0.15, 0.2) is 11.2 Å². The normalized spacial score (nSPS) is 10.4. The summed E-state index contributed by atoms with van der Waals surface area (Å²) >= 11 is 1.29. The van der Waals surface area contributed by atoms with Gasteiger partial charge in [-0.05, 0) is 12.8 Å². The van der Waals surface area contributed by atoms with E-state index in [0.717, 1.165) is 13.0 Å². The lowest BCUT2D eigenvalue weighted by atomic mass is 10.5. The molecule has 1 aromatic heterocycles. The third-order valence-corrected chi connectivity index (χ3v) is 2.84. The molecule has 0 radical (unpaired) electrons. The number of nitrogens with one attached hydrogen (secondary N) is 1. The molecule has 0 aliphatic carbocycles. The van der Waals surface area contributed by atoms with Crippen LogP contribution in [-0.4, -0.2) is 34.0 Å². The first-order valence-electron chi connectivity index (χ1n) is 5.28. The maximum atomic E-state index is 13.3. The van der Waals surface area contributed by atoms with E-state index >= 15 is 0 Å².